The van der Waals surface area contributed by atoms with Crippen molar-refractivity contribution < 1.29 is 23.8 Å². The molecule has 2 amide bonds. The first-order valence-corrected chi connectivity index (χ1v) is 16.7. The van der Waals surface area contributed by atoms with Gasteiger partial charge in [0.05, 0.1) is 19.9 Å². The molecule has 256 valence electrons. The molecule has 7 rings (SSSR count). The summed E-state index contributed by atoms with van der Waals surface area (Å²) in [5, 5.41) is 8.63. The Kier molecular flexibility index (Phi) is 9.63. The average molecular weight is 699 g/mol. The monoisotopic (exact) mass is 698 g/mol. The quantitative estimate of drug-likeness (QED) is 0.102. The molecule has 9 nitrogen and oxygen atoms in total. The smallest absolute Gasteiger partial charge is 0.262 e. The third kappa shape index (κ3) is 7.11. The van der Waals surface area contributed by atoms with Gasteiger partial charge in [0.2, 0.25) is 0 Å². The first-order chi connectivity index (χ1) is 24.9. The van der Waals surface area contributed by atoms with Crippen molar-refractivity contribution in [1.82, 2.24) is 9.97 Å². The van der Waals surface area contributed by atoms with Gasteiger partial charge in [-0.15, -0.1) is 0 Å². The minimum Gasteiger partial charge on any atom is -0.495 e. The van der Waals surface area contributed by atoms with Crippen molar-refractivity contribution in [1.29, 1.82) is 0 Å². The maximum atomic E-state index is 13.7. The average Bonchev–Trinajstić information content (AvgIpc) is 3.78. The lowest BCUT2D eigenvalue weighted by molar-refractivity contribution is -0.118. The molecule has 0 atom stereocenters. The van der Waals surface area contributed by atoms with Crippen molar-refractivity contribution in [2.45, 2.75) is 12.3 Å². The number of H-pyrrole nitrogens is 2. The molecule has 5 aromatic carbocycles. The highest BCUT2D eigenvalue weighted by molar-refractivity contribution is 6.31. The number of amides is 2. The Morgan fingerprint density at radius 3 is 2.00 bits per heavy atom. The van der Waals surface area contributed by atoms with Gasteiger partial charge in [-0.25, -0.2) is 0 Å². The number of hydrogen-bond acceptors (Lipinski definition) is 5. The molecule has 2 aromatic heterocycles. The number of methoxy groups -OCH3 is 2. The van der Waals surface area contributed by atoms with E-state index >= 15 is 0 Å². The van der Waals surface area contributed by atoms with E-state index < -0.39 is 5.91 Å². The van der Waals surface area contributed by atoms with Gasteiger partial charge in [-0.05, 0) is 77.7 Å². The fourth-order valence-electron chi connectivity index (χ4n) is 6.42. The Hall–Kier alpha value is -6.19. The van der Waals surface area contributed by atoms with E-state index in [9.17, 15) is 9.59 Å². The van der Waals surface area contributed by atoms with Crippen LogP contribution in [-0.4, -0.2) is 42.6 Å². The van der Waals surface area contributed by atoms with Gasteiger partial charge >= 0.3 is 0 Å². The number of fused-ring (bicyclic) bond motifs is 2. The van der Waals surface area contributed by atoms with Crippen LogP contribution in [0.1, 0.15) is 33.0 Å². The van der Waals surface area contributed by atoms with Gasteiger partial charge in [-0.1, -0.05) is 66.2 Å². The number of aromatic amines is 2. The van der Waals surface area contributed by atoms with Crippen LogP contribution < -0.4 is 24.8 Å². The van der Waals surface area contributed by atoms with Crippen LogP contribution in [0, 0.1) is 0 Å². The molecular weight excluding hydrogens is 664 g/mol. The van der Waals surface area contributed by atoms with Crippen molar-refractivity contribution in [3.8, 4) is 17.2 Å². The first-order valence-electron chi connectivity index (χ1n) is 16.4. The number of nitrogens with one attached hydrogen (secondary N) is 4. The zero-order chi connectivity index (χ0) is 35.3. The fraction of sp³-hybridized carbons (Fsp3) is 0.122. The summed E-state index contributed by atoms with van der Waals surface area (Å²) in [6.07, 6.45) is 4.82. The third-order valence-corrected chi connectivity index (χ3v) is 9.14. The maximum absolute atomic E-state index is 13.7. The molecule has 0 saturated heterocycles. The lowest BCUT2D eigenvalue weighted by Gasteiger charge is -2.19. The summed E-state index contributed by atoms with van der Waals surface area (Å²) in [4.78, 5) is 33.3. The number of hydrogen-bond donors (Lipinski definition) is 4. The Morgan fingerprint density at radius 2 is 1.31 bits per heavy atom. The SMILES string of the molecule is COc1ccc(Cl)cc1NC(=O)COc1ccc(C(=O)Nc2ccccc2CC(c2c[nH]c3ccccc23)c2c[nH]c3ccccc23)cc1OC. The third-order valence-electron chi connectivity index (χ3n) is 8.90. The Labute approximate surface area is 299 Å². The second-order valence-corrected chi connectivity index (χ2v) is 12.4. The van der Waals surface area contributed by atoms with Crippen LogP contribution in [0.2, 0.25) is 5.02 Å². The van der Waals surface area contributed by atoms with Crippen molar-refractivity contribution in [2.24, 2.45) is 0 Å². The first kappa shape index (κ1) is 33.3. The molecule has 0 aliphatic carbocycles. The number of aromatic nitrogens is 2. The highest BCUT2D eigenvalue weighted by atomic mass is 35.5. The number of rotatable bonds is 12. The number of benzene rings is 5. The van der Waals surface area contributed by atoms with Crippen LogP contribution in [0.25, 0.3) is 21.8 Å². The minimum atomic E-state index is -0.422. The predicted octanol–water partition coefficient (Wildman–Crippen LogP) is 8.96. The number of halogens is 1. The highest BCUT2D eigenvalue weighted by Crippen LogP contribution is 2.38. The van der Waals surface area contributed by atoms with E-state index in [2.05, 4.69) is 69.4 Å². The summed E-state index contributed by atoms with van der Waals surface area (Å²) in [6.45, 7) is -0.307. The van der Waals surface area contributed by atoms with Crippen LogP contribution in [0.5, 0.6) is 17.2 Å². The van der Waals surface area contributed by atoms with E-state index in [-0.39, 0.29) is 18.4 Å². The van der Waals surface area contributed by atoms with E-state index in [1.165, 1.54) is 25.3 Å². The topological polar surface area (TPSA) is 117 Å². The lowest BCUT2D eigenvalue weighted by Crippen LogP contribution is -2.21. The van der Waals surface area contributed by atoms with Gasteiger partial charge in [-0.3, -0.25) is 9.59 Å². The maximum Gasteiger partial charge on any atom is 0.262 e. The van der Waals surface area contributed by atoms with E-state index in [0.29, 0.717) is 45.6 Å². The fourth-order valence-corrected chi connectivity index (χ4v) is 6.59. The van der Waals surface area contributed by atoms with Crippen molar-refractivity contribution in [3.63, 3.8) is 0 Å². The molecule has 4 N–H and O–H groups in total. The van der Waals surface area contributed by atoms with Gasteiger partial charge in [0, 0.05) is 56.4 Å². The Morgan fingerprint density at radius 1 is 0.686 bits per heavy atom. The Bertz CT molecular complexity index is 2290. The molecule has 0 aliphatic rings. The molecule has 51 heavy (non-hydrogen) atoms. The molecule has 2 heterocycles. The number of carbonyl (C=O) groups is 2. The van der Waals surface area contributed by atoms with Crippen LogP contribution in [0.4, 0.5) is 11.4 Å². The second kappa shape index (κ2) is 14.7. The molecule has 7 aromatic rings. The normalized spacial score (nSPS) is 11.1. The van der Waals surface area contributed by atoms with Crippen molar-refractivity contribution >= 4 is 56.6 Å². The molecule has 0 aliphatic heterocycles. The zero-order valence-electron chi connectivity index (χ0n) is 28.0. The van der Waals surface area contributed by atoms with Crippen molar-refractivity contribution in [3.05, 3.63) is 149 Å². The molecular formula is C41H35ClN4O5. The molecule has 0 spiro atoms. The number of para-hydroxylation sites is 3. The molecule has 10 heteroatoms. The van der Waals surface area contributed by atoms with E-state index in [0.717, 1.165) is 27.4 Å². The van der Waals surface area contributed by atoms with Gasteiger partial charge < -0.3 is 34.8 Å². The van der Waals surface area contributed by atoms with Gasteiger partial charge in [0.15, 0.2) is 18.1 Å². The summed E-state index contributed by atoms with van der Waals surface area (Å²) < 4.78 is 16.6. The van der Waals surface area contributed by atoms with Crippen LogP contribution >= 0.6 is 11.6 Å². The summed E-state index contributed by atoms with van der Waals surface area (Å²) in [5.41, 5.74) is 6.98. The van der Waals surface area contributed by atoms with Crippen molar-refractivity contribution in [2.75, 3.05) is 31.5 Å². The largest absolute Gasteiger partial charge is 0.495 e. The summed E-state index contributed by atoms with van der Waals surface area (Å²) >= 11 is 6.08. The van der Waals surface area contributed by atoms with Crippen LogP contribution in [0.15, 0.2) is 122 Å². The van der Waals surface area contributed by atoms with E-state index in [1.807, 2.05) is 36.4 Å². The number of carbonyl (C=O) groups excluding carboxylic acids is 2. The lowest BCUT2D eigenvalue weighted by atomic mass is 9.85. The summed E-state index contributed by atoms with van der Waals surface area (Å²) in [7, 11) is 2.98. The number of anilines is 2. The Balaban J connectivity index is 1.10. The van der Waals surface area contributed by atoms with Crippen LogP contribution in [0.3, 0.4) is 0 Å². The predicted molar refractivity (Wildman–Crippen MR) is 202 cm³/mol. The van der Waals surface area contributed by atoms with Gasteiger partial charge in [-0.2, -0.15) is 0 Å². The molecule has 0 bridgehead atoms. The highest BCUT2D eigenvalue weighted by Gasteiger charge is 2.24. The standard InChI is InChI=1S/C41H35ClN4O5/c1-49-37-18-16-27(42)21-36(37)45-40(47)24-51-38-17-15-26(20-39(38)50-2)41(48)46-33-12-6-3-9-25(33)19-30(31-22-43-34-13-7-4-10-28(31)34)32-23-44-35-14-8-5-11-29(32)35/h3-18,20-23,30,43-44H,19,24H2,1-2H3,(H,45,47)(H,46,48). The van der Waals surface area contributed by atoms with Gasteiger partial charge in [0.25, 0.3) is 11.8 Å². The molecule has 0 saturated carbocycles. The van der Waals surface area contributed by atoms with Gasteiger partial charge in [0.1, 0.15) is 5.75 Å². The molecule has 0 unspecified atom stereocenters. The summed E-state index contributed by atoms with van der Waals surface area (Å²) in [5.74, 6) is 0.340. The molecule has 0 radical (unpaired) electrons. The van der Waals surface area contributed by atoms with E-state index in [4.69, 9.17) is 25.8 Å². The summed E-state index contributed by atoms with van der Waals surface area (Å²) in [6, 6.07) is 34.2. The van der Waals surface area contributed by atoms with Crippen LogP contribution in [-0.2, 0) is 11.2 Å². The minimum absolute atomic E-state index is 0.0101. The second-order valence-electron chi connectivity index (χ2n) is 12.0. The zero-order valence-corrected chi connectivity index (χ0v) is 28.7. The van der Waals surface area contributed by atoms with E-state index in [1.54, 1.807) is 36.4 Å². The molecule has 0 fully saturated rings. The number of ether oxygens (including phenoxy) is 3.